The summed E-state index contributed by atoms with van der Waals surface area (Å²) < 4.78 is 0. The summed E-state index contributed by atoms with van der Waals surface area (Å²) in [6.07, 6.45) is -14.5. The predicted octanol–water partition coefficient (Wildman–Crippen LogP) is -7.39. The van der Waals surface area contributed by atoms with Crippen LogP contribution >= 0.6 is 0 Å². The smallest absolute Gasteiger partial charge is 0.739 e. The van der Waals surface area contributed by atoms with Crippen molar-refractivity contribution in [3.8, 4) is 0 Å². The molecule has 0 aliphatic carbocycles. The Morgan fingerprint density at radius 3 is 0.963 bits per heavy atom. The van der Waals surface area contributed by atoms with Gasteiger partial charge in [0.2, 0.25) is 0 Å². The average molecular weight is 463 g/mol. The van der Waals surface area contributed by atoms with Gasteiger partial charge in [-0.15, -0.1) is 0 Å². The Labute approximate surface area is 194 Å². The van der Waals surface area contributed by atoms with Gasteiger partial charge in [-0.05, 0) is 0 Å². The van der Waals surface area contributed by atoms with Crippen LogP contribution in [0.3, 0.4) is 0 Å². The van der Waals surface area contributed by atoms with E-state index >= 15 is 0 Å². The Morgan fingerprint density at radius 2 is 0.815 bits per heavy atom. The van der Waals surface area contributed by atoms with Gasteiger partial charge in [-0.25, -0.2) is 0 Å². The van der Waals surface area contributed by atoms with E-state index < -0.39 is 72.3 Å². The summed E-state index contributed by atoms with van der Waals surface area (Å²) in [5.41, 5.74) is 0. The topological polar surface area (TPSA) is 236 Å². The van der Waals surface area contributed by atoms with Gasteiger partial charge in [0.25, 0.3) is 0 Å². The minimum atomic E-state index is -1.94. The number of carbonyl (C=O) groups excluding carboxylic acids is 2. The molecule has 8 atom stereocenters. The summed E-state index contributed by atoms with van der Waals surface area (Å²) >= 11 is 8.03. The first-order chi connectivity index (χ1) is 11.8. The normalized spacial score (nSPS) is 19.6. The van der Waals surface area contributed by atoms with Crippen LogP contribution in [0.2, 0.25) is 0 Å². The summed E-state index contributed by atoms with van der Waals surface area (Å²) in [6, 6.07) is 0. The fraction of sp³-hybridized carbons (Fsp3) is 0.833. The fourth-order valence-corrected chi connectivity index (χ4v) is 1.60. The van der Waals surface area contributed by atoms with Crippen LogP contribution in [0.4, 0.5) is 0 Å². The molecular weight excluding hydrogens is 440 g/mol. The molecule has 27 heavy (non-hydrogen) atoms. The molecule has 0 spiro atoms. The molecule has 0 aromatic rings. The molecule has 0 bridgehead atoms. The van der Waals surface area contributed by atoms with Crippen LogP contribution in [0.25, 0.3) is 0 Å². The number of aliphatic hydroxyl groups is 10. The zero-order valence-electron chi connectivity index (χ0n) is 13.8. The third-order valence-corrected chi connectivity index (χ3v) is 3.48. The molecule has 0 saturated heterocycles. The Morgan fingerprint density at radius 1 is 0.593 bits per heavy atom. The number of carbonyl (C=O) groups is 2. The molecular formula is C12H22CaO12S2. The van der Waals surface area contributed by atoms with Gasteiger partial charge < -0.3 is 85.9 Å². The van der Waals surface area contributed by atoms with Gasteiger partial charge in [-0.3, -0.25) is 0 Å². The summed E-state index contributed by atoms with van der Waals surface area (Å²) in [4.78, 5) is 20.7. The molecule has 0 fully saturated rings. The van der Waals surface area contributed by atoms with Crippen molar-refractivity contribution in [1.82, 2.24) is 0 Å². The van der Waals surface area contributed by atoms with Crippen molar-refractivity contribution in [2.75, 3.05) is 13.2 Å². The van der Waals surface area contributed by atoms with E-state index in [1.165, 1.54) is 0 Å². The van der Waals surface area contributed by atoms with E-state index in [2.05, 4.69) is 25.3 Å². The quantitative estimate of drug-likeness (QED) is 0.107. The molecule has 0 heterocycles. The van der Waals surface area contributed by atoms with Crippen molar-refractivity contribution >= 4 is 73.2 Å². The predicted molar refractivity (Wildman–Crippen MR) is 92.7 cm³/mol. The Hall–Kier alpha value is 0.640. The first kappa shape index (κ1) is 32.3. The molecule has 0 aliphatic heterocycles. The maximum absolute atomic E-state index is 10.4. The van der Waals surface area contributed by atoms with Gasteiger partial charge in [0.1, 0.15) is 48.8 Å². The largest absolute Gasteiger partial charge is 2.00 e. The monoisotopic (exact) mass is 462 g/mol. The number of hydrogen-bond acceptors (Lipinski definition) is 14. The van der Waals surface area contributed by atoms with Gasteiger partial charge in [0.15, 0.2) is 0 Å². The number of hydrogen-bond donors (Lipinski definition) is 10. The Bertz CT molecular complexity index is 393. The van der Waals surface area contributed by atoms with Crippen molar-refractivity contribution < 1.29 is 60.7 Å². The summed E-state index contributed by atoms with van der Waals surface area (Å²) in [5, 5.41) is 85.7. The Balaban J connectivity index is -0.000000411. The van der Waals surface area contributed by atoms with Gasteiger partial charge in [-0.2, -0.15) is 0 Å². The van der Waals surface area contributed by atoms with E-state index in [4.69, 9.17) is 51.1 Å². The van der Waals surface area contributed by atoms with Crippen LogP contribution < -0.4 is 0 Å². The van der Waals surface area contributed by atoms with E-state index in [0.29, 0.717) is 0 Å². The first-order valence-electron chi connectivity index (χ1n) is 6.91. The summed E-state index contributed by atoms with van der Waals surface area (Å²) in [7, 11) is 0. The first-order valence-corrected chi connectivity index (χ1v) is 7.72. The minimum absolute atomic E-state index is 0. The number of aliphatic hydroxyl groups excluding tert-OH is 10. The second kappa shape index (κ2) is 16.4. The molecule has 10 N–H and O–H groups in total. The Kier molecular flexibility index (Phi) is 19.7. The molecule has 0 aliphatic rings. The van der Waals surface area contributed by atoms with Crippen molar-refractivity contribution in [1.29, 1.82) is 0 Å². The van der Waals surface area contributed by atoms with Gasteiger partial charge in [0.05, 0.1) is 13.2 Å². The van der Waals surface area contributed by atoms with Crippen molar-refractivity contribution in [2.45, 2.75) is 48.8 Å². The molecule has 0 saturated carbocycles. The molecule has 156 valence electrons. The van der Waals surface area contributed by atoms with E-state index in [0.717, 1.165) is 0 Å². The molecule has 0 unspecified atom stereocenters. The van der Waals surface area contributed by atoms with Gasteiger partial charge >= 0.3 is 37.7 Å². The third-order valence-electron chi connectivity index (χ3n) is 2.99. The molecule has 0 amide bonds. The van der Waals surface area contributed by atoms with E-state index in [9.17, 15) is 9.59 Å². The molecule has 15 heteroatoms. The van der Waals surface area contributed by atoms with Crippen LogP contribution in [0.1, 0.15) is 0 Å². The zero-order chi connectivity index (χ0) is 21.2. The summed E-state index contributed by atoms with van der Waals surface area (Å²) in [5.74, 6) is 0. The SMILES string of the molecule is O=C([S-])[C@H](O)[C@@H](O)[C@H](O)[C@H](O)CO.O=C([S-])[C@H](O)[C@@H](O)[C@H](O)[C@H](O)CO.[Ca+2]. The second-order valence-corrected chi connectivity index (χ2v) is 5.79. The van der Waals surface area contributed by atoms with Crippen LogP contribution in [0.15, 0.2) is 0 Å². The van der Waals surface area contributed by atoms with Gasteiger partial charge in [0, 0.05) is 10.2 Å². The number of rotatable bonds is 10. The maximum Gasteiger partial charge on any atom is 2.00 e. The van der Waals surface area contributed by atoms with E-state index in [1.807, 2.05) is 0 Å². The summed E-state index contributed by atoms with van der Waals surface area (Å²) in [6.45, 7) is -1.59. The van der Waals surface area contributed by atoms with Crippen LogP contribution in [0.5, 0.6) is 0 Å². The zero-order valence-corrected chi connectivity index (χ0v) is 17.7. The third kappa shape index (κ3) is 12.0. The maximum atomic E-state index is 10.4. The van der Waals surface area contributed by atoms with Crippen LogP contribution in [-0.2, 0) is 34.8 Å². The van der Waals surface area contributed by atoms with Crippen molar-refractivity contribution in [3.05, 3.63) is 0 Å². The standard InChI is InChI=1S/2C6H12O6S.Ca/c2*7-1-2(8)3(9)4(10)5(11)6(12)13;/h2*2-5,7-11H,1H2,(H,12,13);/q;;+2/p-2/t2*2-,3-,4+,5-;/m11./s1. The molecule has 0 aromatic heterocycles. The molecule has 0 aromatic carbocycles. The minimum Gasteiger partial charge on any atom is -0.739 e. The fourth-order valence-electron chi connectivity index (χ4n) is 1.32. The second-order valence-electron chi connectivity index (χ2n) is 4.99. The van der Waals surface area contributed by atoms with Gasteiger partial charge in [-0.1, -0.05) is 0 Å². The average Bonchev–Trinajstić information content (AvgIpc) is 2.62. The molecule has 12 nitrogen and oxygen atoms in total. The van der Waals surface area contributed by atoms with E-state index in [1.54, 1.807) is 0 Å². The van der Waals surface area contributed by atoms with Crippen molar-refractivity contribution in [2.24, 2.45) is 0 Å². The molecule has 0 rings (SSSR count). The van der Waals surface area contributed by atoms with Crippen LogP contribution in [0, 0.1) is 0 Å². The van der Waals surface area contributed by atoms with Crippen LogP contribution in [-0.4, -0.2) is 161 Å². The molecule has 0 radical (unpaired) electrons. The van der Waals surface area contributed by atoms with Crippen molar-refractivity contribution in [3.63, 3.8) is 0 Å². The van der Waals surface area contributed by atoms with E-state index in [-0.39, 0.29) is 37.7 Å².